The minimum atomic E-state index is -4.74. The van der Waals surface area contributed by atoms with E-state index in [0.717, 1.165) is 35.4 Å². The van der Waals surface area contributed by atoms with Gasteiger partial charge in [-0.05, 0) is 93.0 Å². The lowest BCUT2D eigenvalue weighted by molar-refractivity contribution is -0.138. The van der Waals surface area contributed by atoms with Crippen molar-refractivity contribution in [2.45, 2.75) is 47.8 Å². The molecule has 0 fully saturated rings. The highest BCUT2D eigenvalue weighted by molar-refractivity contribution is 7.90. The number of carbonyl (C=O) groups is 2. The molecule has 390 valence electrons. The van der Waals surface area contributed by atoms with E-state index in [1.54, 1.807) is 36.4 Å². The Bertz CT molecular complexity index is 3030. The monoisotopic (exact) mass is 1070 g/mol. The predicted molar refractivity (Wildman–Crippen MR) is 254 cm³/mol. The van der Waals surface area contributed by atoms with Crippen LogP contribution in [0, 0.1) is 0 Å². The van der Waals surface area contributed by atoms with Gasteiger partial charge in [-0.15, -0.1) is 0 Å². The van der Waals surface area contributed by atoms with Gasteiger partial charge < -0.3 is 28.4 Å². The molecule has 74 heavy (non-hydrogen) atoms. The first-order valence-electron chi connectivity index (χ1n) is 22.8. The summed E-state index contributed by atoms with van der Waals surface area (Å²) in [6.07, 6.45) is -8.94. The van der Waals surface area contributed by atoms with Crippen molar-refractivity contribution in [3.63, 3.8) is 0 Å². The molecule has 2 aliphatic rings. The van der Waals surface area contributed by atoms with Gasteiger partial charge in [0.25, 0.3) is 31.9 Å². The van der Waals surface area contributed by atoms with Crippen LogP contribution < -0.4 is 28.4 Å². The van der Waals surface area contributed by atoms with Crippen LogP contribution in [-0.2, 0) is 77.1 Å². The standard InChI is InChI=1S/C52H46F6N2O12S2/c53-51(54,55)41-13-17-43(18-14-41)73(63,64)59-45(61)31-71-49-37-9-3-11-39(49)30-40-12-4-10-38(50(40)72-32-46(62)60-74(65,66)44-19-15-42(16-20-44)52(56,57)58)29-36-8-2-6-34-27-33-5-1-7-35(28-37)47(33)69-25-23-67-21-22-68-24-26-70-48(34)36/h1-20H,21-32H2,(H,59,61)(H,60,62). The summed E-state index contributed by atoms with van der Waals surface area (Å²) >= 11 is 0. The molecule has 0 aromatic heterocycles. The van der Waals surface area contributed by atoms with Crippen LogP contribution in [0.1, 0.15) is 55.6 Å². The molecule has 6 aromatic carbocycles. The summed E-state index contributed by atoms with van der Waals surface area (Å²) in [5.41, 5.74) is 2.63. The predicted octanol–water partition coefficient (Wildman–Crippen LogP) is 7.97. The first-order valence-corrected chi connectivity index (χ1v) is 25.8. The Balaban J connectivity index is 1.18. The summed E-state index contributed by atoms with van der Waals surface area (Å²) in [5.74, 6) is -0.954. The zero-order valence-corrected chi connectivity index (χ0v) is 40.6. The van der Waals surface area contributed by atoms with Gasteiger partial charge >= 0.3 is 12.4 Å². The van der Waals surface area contributed by atoms with E-state index >= 15 is 0 Å². The summed E-state index contributed by atoms with van der Waals surface area (Å²) in [7, 11) is -9.34. The van der Waals surface area contributed by atoms with E-state index in [1.807, 2.05) is 45.8 Å². The van der Waals surface area contributed by atoms with E-state index in [-0.39, 0.29) is 70.4 Å². The summed E-state index contributed by atoms with van der Waals surface area (Å²) in [4.78, 5) is 25.7. The van der Waals surface area contributed by atoms with Gasteiger partial charge in [-0.2, -0.15) is 26.3 Å². The number of fused-ring (bicyclic) bond motifs is 4. The average molecular weight is 1070 g/mol. The fourth-order valence-corrected chi connectivity index (χ4v) is 10.3. The molecule has 1 aliphatic heterocycles. The van der Waals surface area contributed by atoms with E-state index in [4.69, 9.17) is 28.4 Å². The maximum absolute atomic E-state index is 13.4. The molecular formula is C52H46F6N2O12S2. The number of rotatable bonds is 10. The number of ether oxygens (including phenoxy) is 6. The number of amides is 2. The Morgan fingerprint density at radius 2 is 0.716 bits per heavy atom. The number of para-hydroxylation sites is 4. The quantitative estimate of drug-likeness (QED) is 0.126. The van der Waals surface area contributed by atoms with Crippen LogP contribution in [0.15, 0.2) is 131 Å². The van der Waals surface area contributed by atoms with Gasteiger partial charge in [0.05, 0.1) is 47.3 Å². The van der Waals surface area contributed by atoms with Crippen molar-refractivity contribution in [3.8, 4) is 23.0 Å². The molecule has 2 N–H and O–H groups in total. The molecule has 2 amide bonds. The van der Waals surface area contributed by atoms with Crippen LogP contribution in [0.2, 0.25) is 0 Å². The van der Waals surface area contributed by atoms with Gasteiger partial charge in [-0.25, -0.2) is 26.3 Å². The average Bonchev–Trinajstić information content (AvgIpc) is 3.35. The Morgan fingerprint density at radius 1 is 0.432 bits per heavy atom. The van der Waals surface area contributed by atoms with Gasteiger partial charge in [0.2, 0.25) is 0 Å². The Labute approximate surface area is 421 Å². The smallest absolute Gasteiger partial charge is 0.416 e. The van der Waals surface area contributed by atoms with Crippen molar-refractivity contribution in [2.75, 3.05) is 52.9 Å². The number of hydrogen-bond acceptors (Lipinski definition) is 12. The van der Waals surface area contributed by atoms with E-state index in [2.05, 4.69) is 0 Å². The van der Waals surface area contributed by atoms with Crippen molar-refractivity contribution in [1.29, 1.82) is 0 Å². The number of halogens is 6. The third-order valence-corrected chi connectivity index (χ3v) is 14.5. The molecular weight excluding hydrogens is 1020 g/mol. The van der Waals surface area contributed by atoms with Gasteiger partial charge in [0.1, 0.15) is 36.2 Å². The second-order valence-corrected chi connectivity index (χ2v) is 20.3. The molecule has 0 radical (unpaired) electrons. The minimum Gasteiger partial charge on any atom is -0.491 e. The third-order valence-electron chi connectivity index (χ3n) is 11.7. The SMILES string of the molecule is O=C(COc1c2cccc1Cc1cccc(c1OCC(=O)NS(=O)(=O)c1ccc(C(F)(F)F)cc1)Cc1cccc3c1OCCOCCOCCOc1c(cccc1C2)C3)NS(=O)(=O)c1ccc(C(F)(F)F)cc1. The van der Waals surface area contributed by atoms with Crippen molar-refractivity contribution < 1.29 is 81.2 Å². The first-order chi connectivity index (χ1) is 35.2. The molecule has 1 heterocycles. The van der Waals surface area contributed by atoms with E-state index < -0.39 is 78.3 Å². The van der Waals surface area contributed by atoms with Crippen LogP contribution in [0.4, 0.5) is 26.3 Å². The van der Waals surface area contributed by atoms with Gasteiger partial charge in [-0.1, -0.05) is 72.8 Å². The maximum Gasteiger partial charge on any atom is 0.416 e. The lowest BCUT2D eigenvalue weighted by atomic mass is 9.91. The van der Waals surface area contributed by atoms with Crippen molar-refractivity contribution in [2.24, 2.45) is 0 Å². The first kappa shape index (κ1) is 53.2. The van der Waals surface area contributed by atoms with Crippen LogP contribution in [0.25, 0.3) is 0 Å². The molecule has 0 unspecified atom stereocenters. The highest BCUT2D eigenvalue weighted by atomic mass is 32.2. The topological polar surface area (TPSA) is 182 Å². The van der Waals surface area contributed by atoms with E-state index in [0.29, 0.717) is 75.6 Å². The summed E-state index contributed by atoms with van der Waals surface area (Å²) in [6, 6.07) is 26.7. The van der Waals surface area contributed by atoms with Crippen LogP contribution in [0.3, 0.4) is 0 Å². The molecule has 0 saturated carbocycles. The summed E-state index contributed by atoms with van der Waals surface area (Å²) in [6.45, 7) is -0.398. The van der Waals surface area contributed by atoms with E-state index in [1.165, 1.54) is 0 Å². The molecule has 22 heteroatoms. The minimum absolute atomic E-state index is 0.0369. The van der Waals surface area contributed by atoms with Gasteiger partial charge in [0, 0.05) is 25.7 Å². The zero-order chi connectivity index (χ0) is 52.7. The number of benzene rings is 6. The number of nitrogens with one attached hydrogen (secondary N) is 2. The van der Waals surface area contributed by atoms with Gasteiger partial charge in [-0.3, -0.25) is 9.59 Å². The molecule has 1 aliphatic carbocycles. The number of hydrogen-bond donors (Lipinski definition) is 2. The second-order valence-electron chi connectivity index (χ2n) is 16.9. The molecule has 8 rings (SSSR count). The number of carbonyl (C=O) groups excluding carboxylic acids is 2. The largest absolute Gasteiger partial charge is 0.491 e. The highest BCUT2D eigenvalue weighted by Gasteiger charge is 2.33. The fraction of sp³-hybridized carbons (Fsp3) is 0.269. The van der Waals surface area contributed by atoms with Crippen molar-refractivity contribution in [3.05, 3.63) is 177 Å². The molecule has 0 atom stereocenters. The van der Waals surface area contributed by atoms with Crippen LogP contribution in [0.5, 0.6) is 23.0 Å². The van der Waals surface area contributed by atoms with Crippen molar-refractivity contribution >= 4 is 31.9 Å². The second kappa shape index (κ2) is 22.5. The maximum atomic E-state index is 13.4. The fourth-order valence-electron chi connectivity index (χ4n) is 8.35. The third kappa shape index (κ3) is 13.1. The van der Waals surface area contributed by atoms with E-state index in [9.17, 15) is 52.8 Å². The lowest BCUT2D eigenvalue weighted by Crippen LogP contribution is -2.34. The van der Waals surface area contributed by atoms with Crippen LogP contribution in [-0.4, -0.2) is 81.5 Å². The molecule has 10 bridgehead atoms. The summed E-state index contributed by atoms with van der Waals surface area (Å²) < 4.78 is 173. The number of alkyl halides is 6. The van der Waals surface area contributed by atoms with Crippen molar-refractivity contribution in [1.82, 2.24) is 9.44 Å². The lowest BCUT2D eigenvalue weighted by Gasteiger charge is -2.22. The molecule has 0 spiro atoms. The highest BCUT2D eigenvalue weighted by Crippen LogP contribution is 2.39. The van der Waals surface area contributed by atoms with Gasteiger partial charge in [0.15, 0.2) is 13.2 Å². The molecule has 6 aromatic rings. The number of sulfonamides is 2. The zero-order valence-electron chi connectivity index (χ0n) is 39.0. The molecule has 0 saturated heterocycles. The summed E-state index contributed by atoms with van der Waals surface area (Å²) in [5, 5.41) is 0. The molecule has 14 nitrogen and oxygen atoms in total. The normalized spacial score (nSPS) is 14.6. The van der Waals surface area contributed by atoms with Crippen LogP contribution >= 0.6 is 0 Å². The Morgan fingerprint density at radius 3 is 1.04 bits per heavy atom. The Hall–Kier alpha value is -7.14. The Kier molecular flexibility index (Phi) is 16.2.